The van der Waals surface area contributed by atoms with Crippen molar-refractivity contribution in [3.05, 3.63) is 42.5 Å². The van der Waals surface area contributed by atoms with Crippen LogP contribution in [-0.2, 0) is 29.4 Å². The van der Waals surface area contributed by atoms with Crippen molar-refractivity contribution in [2.45, 2.75) is 16.7 Å². The molecule has 2 aromatic rings. The van der Waals surface area contributed by atoms with E-state index in [0.717, 1.165) is 6.26 Å². The van der Waals surface area contributed by atoms with Crippen molar-refractivity contribution in [1.82, 2.24) is 4.31 Å². The zero-order chi connectivity index (χ0) is 24.1. The number of sulfonamides is 1. The summed E-state index contributed by atoms with van der Waals surface area (Å²) >= 11 is 0. The topological polar surface area (TPSA) is 131 Å². The number of nitrogens with zero attached hydrogens (tertiary/aromatic N) is 1. The quantitative estimate of drug-likeness (QED) is 0.534. The largest absolute Gasteiger partial charge is 0.490 e. The molecule has 1 fully saturated rings. The van der Waals surface area contributed by atoms with E-state index in [9.17, 15) is 21.6 Å². The third kappa shape index (κ3) is 6.22. The zero-order valence-electron chi connectivity index (χ0n) is 18.4. The van der Waals surface area contributed by atoms with Crippen LogP contribution in [-0.4, -0.2) is 72.8 Å². The number of benzene rings is 2. The first kappa shape index (κ1) is 25.0. The number of carbonyl (C=O) groups excluding carboxylic acids is 1. The van der Waals surface area contributed by atoms with Gasteiger partial charge in [0.05, 0.1) is 36.9 Å². The van der Waals surface area contributed by atoms with Gasteiger partial charge in [-0.1, -0.05) is 6.07 Å². The summed E-state index contributed by atoms with van der Waals surface area (Å²) in [6.45, 7) is 3.16. The van der Waals surface area contributed by atoms with Crippen LogP contribution in [0.15, 0.2) is 52.3 Å². The third-order valence-electron chi connectivity index (χ3n) is 4.85. The number of nitrogens with one attached hydrogen (secondary N) is 2. The van der Waals surface area contributed by atoms with Crippen molar-refractivity contribution in [2.75, 3.05) is 56.3 Å². The Hall–Kier alpha value is -2.67. The van der Waals surface area contributed by atoms with Crippen LogP contribution < -0.4 is 15.4 Å². The number of morpholine rings is 1. The lowest BCUT2D eigenvalue weighted by molar-refractivity contribution is -0.114. The monoisotopic (exact) mass is 497 g/mol. The molecule has 180 valence electrons. The second kappa shape index (κ2) is 10.5. The van der Waals surface area contributed by atoms with Crippen LogP contribution in [0.25, 0.3) is 0 Å². The van der Waals surface area contributed by atoms with Crippen LogP contribution in [0.2, 0.25) is 0 Å². The molecule has 0 saturated carbocycles. The second-order valence-corrected chi connectivity index (χ2v) is 11.2. The Kier molecular flexibility index (Phi) is 7.95. The van der Waals surface area contributed by atoms with Crippen molar-refractivity contribution < 1.29 is 31.1 Å². The smallest absolute Gasteiger partial charge is 0.243 e. The van der Waals surface area contributed by atoms with Crippen molar-refractivity contribution in [1.29, 1.82) is 0 Å². The van der Waals surface area contributed by atoms with E-state index in [2.05, 4.69) is 10.6 Å². The van der Waals surface area contributed by atoms with Gasteiger partial charge in [0, 0.05) is 25.0 Å². The maximum atomic E-state index is 12.7. The van der Waals surface area contributed by atoms with Gasteiger partial charge in [-0.05, 0) is 43.3 Å². The molecule has 0 atom stereocenters. The van der Waals surface area contributed by atoms with Gasteiger partial charge >= 0.3 is 0 Å². The number of carbonyl (C=O) groups is 1. The van der Waals surface area contributed by atoms with Crippen molar-refractivity contribution in [3.63, 3.8) is 0 Å². The number of anilines is 2. The maximum Gasteiger partial charge on any atom is 0.243 e. The molecule has 1 aliphatic heterocycles. The van der Waals surface area contributed by atoms with E-state index < -0.39 is 25.8 Å². The number of sulfone groups is 1. The normalized spacial score (nSPS) is 15.1. The number of ether oxygens (including phenoxy) is 2. The lowest BCUT2D eigenvalue weighted by Crippen LogP contribution is -2.40. The molecule has 1 saturated heterocycles. The Morgan fingerprint density at radius 3 is 2.33 bits per heavy atom. The van der Waals surface area contributed by atoms with Crippen LogP contribution >= 0.6 is 0 Å². The molecule has 2 N–H and O–H groups in total. The van der Waals surface area contributed by atoms with Crippen molar-refractivity contribution >= 4 is 37.1 Å². The van der Waals surface area contributed by atoms with E-state index in [4.69, 9.17) is 9.47 Å². The third-order valence-corrected chi connectivity index (χ3v) is 7.89. The minimum atomic E-state index is -3.61. The van der Waals surface area contributed by atoms with E-state index in [0.29, 0.717) is 37.7 Å². The van der Waals surface area contributed by atoms with Crippen molar-refractivity contribution in [3.8, 4) is 5.75 Å². The molecule has 1 aliphatic rings. The number of rotatable bonds is 9. The average molecular weight is 498 g/mol. The summed E-state index contributed by atoms with van der Waals surface area (Å²) in [5.74, 6) is -0.237. The van der Waals surface area contributed by atoms with Crippen LogP contribution in [0, 0.1) is 0 Å². The van der Waals surface area contributed by atoms with Crippen molar-refractivity contribution in [2.24, 2.45) is 0 Å². The Labute approximate surface area is 193 Å². The summed E-state index contributed by atoms with van der Waals surface area (Å²) in [6.07, 6.45) is 1.09. The van der Waals surface area contributed by atoms with E-state index in [1.165, 1.54) is 34.6 Å². The van der Waals surface area contributed by atoms with Gasteiger partial charge in [0.15, 0.2) is 15.6 Å². The molecule has 1 heterocycles. The summed E-state index contributed by atoms with van der Waals surface area (Å²) < 4.78 is 61.5. The first-order valence-electron chi connectivity index (χ1n) is 10.3. The first-order chi connectivity index (χ1) is 15.6. The van der Waals surface area contributed by atoms with Crippen LogP contribution in [0.3, 0.4) is 0 Å². The molecule has 0 unspecified atom stereocenters. The van der Waals surface area contributed by atoms with Crippen LogP contribution in [0.4, 0.5) is 11.4 Å². The van der Waals surface area contributed by atoms with Gasteiger partial charge in [-0.25, -0.2) is 16.8 Å². The molecule has 33 heavy (non-hydrogen) atoms. The fraction of sp³-hybridized carbons (Fsp3) is 0.381. The highest BCUT2D eigenvalue weighted by Gasteiger charge is 2.26. The Morgan fingerprint density at radius 1 is 1.06 bits per heavy atom. The minimum Gasteiger partial charge on any atom is -0.490 e. The summed E-state index contributed by atoms with van der Waals surface area (Å²) in [6, 6.07) is 10.5. The number of hydrogen-bond donors (Lipinski definition) is 2. The lowest BCUT2D eigenvalue weighted by Gasteiger charge is -2.26. The molecular weight excluding hydrogens is 470 g/mol. The van der Waals surface area contributed by atoms with Gasteiger partial charge in [-0.2, -0.15) is 4.31 Å². The highest BCUT2D eigenvalue weighted by Crippen LogP contribution is 2.32. The average Bonchev–Trinajstić information content (AvgIpc) is 2.79. The minimum absolute atomic E-state index is 0.0341. The first-order valence-corrected chi connectivity index (χ1v) is 13.6. The highest BCUT2D eigenvalue weighted by atomic mass is 32.2. The molecule has 3 rings (SSSR count). The van der Waals surface area contributed by atoms with Gasteiger partial charge in [0.1, 0.15) is 4.90 Å². The zero-order valence-corrected chi connectivity index (χ0v) is 20.0. The number of hydrogen-bond acceptors (Lipinski definition) is 8. The molecule has 0 bridgehead atoms. The number of para-hydroxylation sites is 1. The summed E-state index contributed by atoms with van der Waals surface area (Å²) in [5.41, 5.74) is 0.805. The number of amides is 1. The fourth-order valence-corrected chi connectivity index (χ4v) is 5.51. The Morgan fingerprint density at radius 2 is 1.73 bits per heavy atom. The molecule has 0 radical (unpaired) electrons. The lowest BCUT2D eigenvalue weighted by atomic mass is 10.3. The molecular formula is C21H27N3O7S2. The Bertz CT molecular complexity index is 1190. The van der Waals surface area contributed by atoms with Gasteiger partial charge < -0.3 is 20.1 Å². The van der Waals surface area contributed by atoms with Gasteiger partial charge in [-0.3, -0.25) is 4.79 Å². The molecule has 0 aliphatic carbocycles. The molecule has 1 amide bonds. The second-order valence-electron chi connectivity index (χ2n) is 7.28. The van der Waals surface area contributed by atoms with Crippen LogP contribution in [0.5, 0.6) is 5.75 Å². The summed E-state index contributed by atoms with van der Waals surface area (Å²) in [4.78, 5) is 12.6. The van der Waals surface area contributed by atoms with E-state index in [1.807, 2.05) is 0 Å². The molecule has 2 aromatic carbocycles. The molecule has 0 spiro atoms. The molecule has 0 aromatic heterocycles. The maximum absolute atomic E-state index is 12.7. The SMILES string of the molecule is CCOc1c(NCC(=O)Nc2ccc(S(=O)(=O)N3CCOCC3)cc2)cccc1S(C)(=O)=O. The standard InChI is InChI=1S/C21H27N3O7S2/c1-3-31-21-18(5-4-6-19(21)32(2,26)27)22-15-20(25)23-16-7-9-17(10-8-16)33(28,29)24-11-13-30-14-12-24/h4-10,22H,3,11-15H2,1-2H3,(H,23,25). The summed E-state index contributed by atoms with van der Waals surface area (Å²) in [5, 5.41) is 5.57. The van der Waals surface area contributed by atoms with Gasteiger partial charge in [-0.15, -0.1) is 0 Å². The fourth-order valence-electron chi connectivity index (χ4n) is 3.27. The predicted octanol–water partition coefficient (Wildman–Crippen LogP) is 1.56. The van der Waals surface area contributed by atoms with E-state index in [-0.39, 0.29) is 28.7 Å². The molecule has 10 nitrogen and oxygen atoms in total. The van der Waals surface area contributed by atoms with Crippen LogP contribution in [0.1, 0.15) is 6.92 Å². The predicted molar refractivity (Wildman–Crippen MR) is 124 cm³/mol. The van der Waals surface area contributed by atoms with Gasteiger partial charge in [0.2, 0.25) is 15.9 Å². The molecule has 12 heteroatoms. The Balaban J connectivity index is 1.65. The van der Waals surface area contributed by atoms with E-state index in [1.54, 1.807) is 19.1 Å². The summed E-state index contributed by atoms with van der Waals surface area (Å²) in [7, 11) is -7.13. The van der Waals surface area contributed by atoms with E-state index >= 15 is 0 Å². The van der Waals surface area contributed by atoms with Gasteiger partial charge in [0.25, 0.3) is 0 Å². The highest BCUT2D eigenvalue weighted by molar-refractivity contribution is 7.90.